The van der Waals surface area contributed by atoms with E-state index in [0.29, 0.717) is 0 Å². The Hall–Kier alpha value is -1.97. The maximum absolute atomic E-state index is 14.8. The molecule has 0 fully saturated rings. The Kier molecular flexibility index (Phi) is 8.84. The maximum atomic E-state index is 14.8. The fourth-order valence-electron chi connectivity index (χ4n) is 2.75. The predicted molar refractivity (Wildman–Crippen MR) is 124 cm³/mol. The molecule has 2 N–H and O–H groups in total. The molecule has 0 aliphatic rings. The van der Waals surface area contributed by atoms with E-state index in [1.165, 1.54) is 24.3 Å². The van der Waals surface area contributed by atoms with Crippen molar-refractivity contribution in [1.29, 1.82) is 5.26 Å². The second-order valence-electron chi connectivity index (χ2n) is 7.79. The number of nitrogens with zero attached hydrogens (tertiary/aromatic N) is 2. The fraction of sp³-hybridized carbons (Fsp3) is 0.350. The molecule has 172 valence electrons. The third-order valence-electron chi connectivity index (χ3n) is 4.35. The van der Waals surface area contributed by atoms with Gasteiger partial charge in [-0.3, -0.25) is 10.1 Å². The summed E-state index contributed by atoms with van der Waals surface area (Å²) in [5.74, 6) is -2.31. The van der Waals surface area contributed by atoms with Crippen LogP contribution in [-0.2, 0) is 11.4 Å². The largest absolute Gasteiger partial charge is 0.598 e. The smallest absolute Gasteiger partial charge is 0.292 e. The van der Waals surface area contributed by atoms with Crippen LogP contribution in [0.3, 0.4) is 0 Å². The number of nitrogens with one attached hydrogen (secondary N) is 2. The summed E-state index contributed by atoms with van der Waals surface area (Å²) in [6.07, 6.45) is -0.193. The number of hydrogen-bond acceptors (Lipinski definition) is 6. The lowest BCUT2D eigenvalue weighted by Gasteiger charge is -2.28. The van der Waals surface area contributed by atoms with E-state index >= 15 is 0 Å². The molecule has 0 heterocycles. The first kappa shape index (κ1) is 26.3. The fourth-order valence-corrected chi connectivity index (χ4v) is 4.27. The van der Waals surface area contributed by atoms with Gasteiger partial charge in [-0.05, 0) is 45.0 Å². The van der Waals surface area contributed by atoms with Crippen LogP contribution in [0, 0.1) is 33.1 Å². The molecule has 0 saturated carbocycles. The van der Waals surface area contributed by atoms with Crippen LogP contribution in [0.5, 0.6) is 0 Å². The zero-order chi connectivity index (χ0) is 24.2. The van der Waals surface area contributed by atoms with E-state index in [0.717, 1.165) is 6.07 Å². The van der Waals surface area contributed by atoms with Crippen LogP contribution in [-0.4, -0.2) is 20.3 Å². The zero-order valence-corrected chi connectivity index (χ0v) is 20.4. The molecular formula is C20H20BrClF2N4O3S. The summed E-state index contributed by atoms with van der Waals surface area (Å²) in [5, 5.41) is 24.0. The van der Waals surface area contributed by atoms with E-state index in [-0.39, 0.29) is 32.9 Å². The van der Waals surface area contributed by atoms with Crippen molar-refractivity contribution >= 4 is 50.3 Å². The van der Waals surface area contributed by atoms with Gasteiger partial charge in [-0.1, -0.05) is 27.5 Å². The van der Waals surface area contributed by atoms with Crippen molar-refractivity contribution < 1.29 is 18.3 Å². The van der Waals surface area contributed by atoms with Crippen LogP contribution < -0.4 is 10.0 Å². The lowest BCUT2D eigenvalue weighted by atomic mass is 9.98. The highest BCUT2D eigenvalue weighted by molar-refractivity contribution is 9.10. The van der Waals surface area contributed by atoms with Crippen LogP contribution >= 0.6 is 27.5 Å². The average Bonchev–Trinajstić information content (AvgIpc) is 2.69. The summed E-state index contributed by atoms with van der Waals surface area (Å²) in [5.41, 5.74) is -0.563. The molecule has 2 aromatic carbocycles. The van der Waals surface area contributed by atoms with Gasteiger partial charge in [0.2, 0.25) is 0 Å². The van der Waals surface area contributed by atoms with Gasteiger partial charge in [0.25, 0.3) is 5.69 Å². The lowest BCUT2D eigenvalue weighted by Crippen LogP contribution is -2.45. The van der Waals surface area contributed by atoms with Crippen LogP contribution in [0.1, 0.15) is 38.8 Å². The van der Waals surface area contributed by atoms with Crippen LogP contribution in [0.2, 0.25) is 5.02 Å². The topological polar surface area (TPSA) is 114 Å². The second-order valence-corrected chi connectivity index (χ2v) is 11.1. The summed E-state index contributed by atoms with van der Waals surface area (Å²) in [7, 11) is 0. The molecular weight excluding hydrogens is 530 g/mol. The van der Waals surface area contributed by atoms with E-state index in [2.05, 4.69) is 26.0 Å². The van der Waals surface area contributed by atoms with Crippen LogP contribution in [0.25, 0.3) is 0 Å². The van der Waals surface area contributed by atoms with E-state index in [1.807, 2.05) is 6.07 Å². The monoisotopic (exact) mass is 548 g/mol. The van der Waals surface area contributed by atoms with E-state index in [1.54, 1.807) is 20.8 Å². The number of nitro benzene ring substituents is 1. The molecule has 2 unspecified atom stereocenters. The van der Waals surface area contributed by atoms with Crippen molar-refractivity contribution in [3.8, 4) is 6.07 Å². The summed E-state index contributed by atoms with van der Waals surface area (Å²) >= 11 is 7.54. The summed E-state index contributed by atoms with van der Waals surface area (Å²) in [6.45, 7) is 5.12. The van der Waals surface area contributed by atoms with Gasteiger partial charge < -0.3 is 9.87 Å². The number of anilines is 1. The highest BCUT2D eigenvalue weighted by Crippen LogP contribution is 2.37. The molecule has 3 atom stereocenters. The van der Waals surface area contributed by atoms with E-state index in [4.69, 9.17) is 11.6 Å². The molecule has 32 heavy (non-hydrogen) atoms. The van der Waals surface area contributed by atoms with Gasteiger partial charge in [0.15, 0.2) is 11.6 Å². The molecule has 0 amide bonds. The molecule has 0 spiro atoms. The Bertz CT molecular complexity index is 1050. The van der Waals surface area contributed by atoms with Crippen molar-refractivity contribution in [1.82, 2.24) is 4.72 Å². The van der Waals surface area contributed by atoms with Crippen LogP contribution in [0.4, 0.5) is 20.2 Å². The third kappa shape index (κ3) is 6.52. The number of hydrogen-bond donors (Lipinski definition) is 2. The highest BCUT2D eigenvalue weighted by atomic mass is 79.9. The van der Waals surface area contributed by atoms with Gasteiger partial charge in [0.05, 0.1) is 17.0 Å². The minimum absolute atomic E-state index is 0.0447. The van der Waals surface area contributed by atoms with E-state index in [9.17, 15) is 28.7 Å². The minimum atomic E-state index is -1.63. The Labute approximate surface area is 200 Å². The highest BCUT2D eigenvalue weighted by Gasteiger charge is 2.33. The molecule has 0 aliphatic carbocycles. The number of nitriles is 1. The molecule has 2 aromatic rings. The first-order valence-electron chi connectivity index (χ1n) is 9.26. The van der Waals surface area contributed by atoms with Crippen molar-refractivity contribution in [3.63, 3.8) is 0 Å². The second kappa shape index (κ2) is 10.8. The molecule has 0 saturated heterocycles. The molecule has 7 nitrogen and oxygen atoms in total. The number of halogens is 4. The summed E-state index contributed by atoms with van der Waals surface area (Å²) < 4.78 is 43.5. The van der Waals surface area contributed by atoms with Gasteiger partial charge in [0, 0.05) is 38.9 Å². The summed E-state index contributed by atoms with van der Waals surface area (Å²) in [6, 6.07) is 5.77. The maximum Gasteiger partial charge on any atom is 0.292 e. The van der Waals surface area contributed by atoms with Gasteiger partial charge >= 0.3 is 0 Å². The van der Waals surface area contributed by atoms with Gasteiger partial charge in [-0.2, -0.15) is 5.26 Å². The molecule has 0 aliphatic heterocycles. The van der Waals surface area contributed by atoms with Crippen LogP contribution in [0.15, 0.2) is 34.8 Å². The lowest BCUT2D eigenvalue weighted by molar-refractivity contribution is -0.384. The molecule has 12 heteroatoms. The van der Waals surface area contributed by atoms with Crippen molar-refractivity contribution in [3.05, 3.63) is 67.1 Å². The molecule has 0 bridgehead atoms. The number of rotatable bonds is 8. The number of benzene rings is 2. The quantitative estimate of drug-likeness (QED) is 0.187. The SMILES string of the molecule is CC(C)(C)[S+]([O-])NC(C#N)C[C@@H](Nc1cc(Cl)ccc1[N+](=O)[O-])c1c(Br)ccc(F)c1F. The normalized spacial score (nSPS) is 14.3. The molecule has 0 radical (unpaired) electrons. The van der Waals surface area contributed by atoms with Gasteiger partial charge in [-0.25, -0.2) is 8.78 Å². The standard InChI is InChI=1S/C20H20BrClF2N4O3S/c1-20(2,3)32(31)27-12(10-25)9-16(18-13(21)5-6-14(23)19(18)24)26-15-8-11(22)4-7-17(15)28(29)30/h4-8,12,16,26-27H,9H2,1-3H3/t12?,16-,32?/m1/s1. The first-order chi connectivity index (χ1) is 14.8. The predicted octanol–water partition coefficient (Wildman–Crippen LogP) is 5.78. The summed E-state index contributed by atoms with van der Waals surface area (Å²) in [4.78, 5) is 10.8. The minimum Gasteiger partial charge on any atom is -0.598 e. The Morgan fingerprint density at radius 3 is 2.53 bits per heavy atom. The van der Waals surface area contributed by atoms with Crippen molar-refractivity contribution in [2.45, 2.75) is 44.0 Å². The zero-order valence-electron chi connectivity index (χ0n) is 17.3. The van der Waals surface area contributed by atoms with E-state index < -0.39 is 44.8 Å². The third-order valence-corrected chi connectivity index (χ3v) is 6.88. The first-order valence-corrected chi connectivity index (χ1v) is 11.6. The number of nitro groups is 1. The van der Waals surface area contributed by atoms with Gasteiger partial charge in [-0.15, -0.1) is 4.72 Å². The van der Waals surface area contributed by atoms with Crippen molar-refractivity contribution in [2.75, 3.05) is 5.32 Å². The Morgan fingerprint density at radius 1 is 1.31 bits per heavy atom. The molecule has 0 aromatic heterocycles. The van der Waals surface area contributed by atoms with Gasteiger partial charge in [0.1, 0.15) is 16.5 Å². The Balaban J connectivity index is 2.53. The average molecular weight is 550 g/mol. The van der Waals surface area contributed by atoms with Crippen molar-refractivity contribution in [2.24, 2.45) is 0 Å². The Morgan fingerprint density at radius 2 is 1.97 bits per heavy atom. The molecule has 2 rings (SSSR count).